The van der Waals surface area contributed by atoms with Crippen LogP contribution in [0.25, 0.3) is 0 Å². The molecule has 7 heavy (non-hydrogen) atoms. The third-order valence-electron chi connectivity index (χ3n) is 0. The van der Waals surface area contributed by atoms with Gasteiger partial charge >= 0.3 is 28.8 Å². The molecule has 0 aromatic carbocycles. The Balaban J connectivity index is -0.0000000800. The zero-order chi connectivity index (χ0) is 4.50. The predicted molar refractivity (Wildman–Crippen MR) is 24.6 cm³/mol. The first-order valence-electron chi connectivity index (χ1n) is 0.894. The molecule has 0 saturated heterocycles. The molecule has 0 heterocycles. The van der Waals surface area contributed by atoms with Crippen molar-refractivity contribution in [2.24, 2.45) is 0 Å². The fourth-order valence-electron chi connectivity index (χ4n) is 0. The smallest absolute Gasteiger partial charge is 0 e. The zero-order valence-corrected chi connectivity index (χ0v) is 5.76. The maximum Gasteiger partial charge on any atom is 0 e. The molecule has 47 valence electrons. The van der Waals surface area contributed by atoms with Gasteiger partial charge in [0.25, 0.3) is 0 Å². The molecule has 0 spiro atoms. The summed E-state index contributed by atoms with van der Waals surface area (Å²) in [4.78, 5) is 29.3. The molecule has 4 nitrogen and oxygen atoms in total. The van der Waals surface area contributed by atoms with Crippen molar-refractivity contribution in [1.82, 2.24) is 0 Å². The van der Waals surface area contributed by atoms with Crippen molar-refractivity contribution in [2.45, 2.75) is 0 Å². The molecule has 0 aromatic heterocycles. The summed E-state index contributed by atoms with van der Waals surface area (Å²) >= 11 is 0. The molecule has 0 amide bonds. The summed E-state index contributed by atoms with van der Waals surface area (Å²) in [7, 11) is -4.61. The van der Waals surface area contributed by atoms with Crippen molar-refractivity contribution in [3.05, 3.63) is 0 Å². The minimum absolute atomic E-state index is 0. The van der Waals surface area contributed by atoms with E-state index in [1.165, 1.54) is 0 Å². The van der Waals surface area contributed by atoms with E-state index in [1.54, 1.807) is 0 Å². The molecule has 0 fully saturated rings. The molecule has 4 N–H and O–H groups in total. The Morgan fingerprint density at radius 2 is 0.857 bits per heavy atom. The average Bonchev–Trinajstić information content (AvgIpc) is 0.722. The minimum Gasteiger partial charge on any atom is 0 e. The van der Waals surface area contributed by atoms with Gasteiger partial charge in [0.15, 0.2) is 0 Å². The van der Waals surface area contributed by atoms with Gasteiger partial charge < -0.3 is 19.2 Å². The van der Waals surface area contributed by atoms with Gasteiger partial charge in [0.05, 0.1) is 0 Å². The van der Waals surface area contributed by atoms with Gasteiger partial charge in [-0.25, -0.2) is 0 Å². The summed E-state index contributed by atoms with van der Waals surface area (Å²) in [5.41, 5.74) is 0. The second-order valence-corrected chi connectivity index (χ2v) is 1.80. The van der Waals surface area contributed by atoms with E-state index in [-0.39, 0.29) is 58.4 Å². The van der Waals surface area contributed by atoms with Crippen LogP contribution in [0.1, 0.15) is 0 Å². The van der Waals surface area contributed by atoms with Crippen molar-refractivity contribution in [1.29, 1.82) is 0 Å². The van der Waals surface area contributed by atoms with E-state index in [1.807, 2.05) is 0 Å². The Hall–Kier alpha value is 1.98. The number of rotatable bonds is 0. The second-order valence-electron chi connectivity index (χ2n) is 0.600. The van der Waals surface area contributed by atoms with Crippen LogP contribution in [-0.4, -0.2) is 48.0 Å². The fraction of sp³-hybridized carbons (Fsp3) is 0. The quantitative estimate of drug-likeness (QED) is 0.344. The van der Waals surface area contributed by atoms with Crippen LogP contribution >= 0.6 is 0 Å². The van der Waals surface area contributed by atoms with Crippen LogP contribution in [0.2, 0.25) is 0 Å². The summed E-state index contributed by atoms with van der Waals surface area (Å²) in [5.74, 6) is 0. The minimum atomic E-state index is -4.61. The van der Waals surface area contributed by atoms with Gasteiger partial charge in [0, 0.05) is 38.6 Å². The van der Waals surface area contributed by atoms with Crippen molar-refractivity contribution < 1.29 is 57.8 Å². The molecule has 0 aliphatic carbocycles. The van der Waals surface area contributed by atoms with Crippen LogP contribution < -0.4 is 0 Å². The van der Waals surface area contributed by atoms with Crippen LogP contribution in [-0.2, 0) is 0 Å². The van der Waals surface area contributed by atoms with Crippen molar-refractivity contribution in [3.8, 4) is 0 Å². The van der Waals surface area contributed by atoms with Crippen LogP contribution in [0.3, 0.4) is 0 Å². The Bertz CT molecular complexity index is 27.2. The molecule has 0 unspecified atom stereocenters. The maximum absolute atomic E-state index is 7.33. The third kappa shape index (κ3) is 72.8. The van der Waals surface area contributed by atoms with E-state index in [0.717, 1.165) is 0 Å². The summed E-state index contributed by atoms with van der Waals surface area (Å²) < 4.78 is 0. The molecule has 0 rings (SSSR count). The summed E-state index contributed by atoms with van der Waals surface area (Å²) in [6, 6.07) is 0. The number of hydrogen-bond donors (Lipinski definition) is 4. The summed E-state index contributed by atoms with van der Waals surface area (Å²) in [6.45, 7) is 0. The van der Waals surface area contributed by atoms with Crippen LogP contribution in [0.4, 0.5) is 0 Å². The van der Waals surface area contributed by atoms with Crippen molar-refractivity contribution in [3.63, 3.8) is 0 Å². The topological polar surface area (TPSA) is 80.9 Å². The molecule has 0 aliphatic heterocycles. The van der Waals surface area contributed by atoms with E-state index < -0.39 is 9.05 Å². The molecular weight excluding hydrogens is 321 g/mol. The normalized spacial score (nSPS) is 8.57. The molecule has 7 heteroatoms. The molecular formula is H7GaO4SiTb. The first kappa shape index (κ1) is 16.0. The van der Waals surface area contributed by atoms with E-state index >= 15 is 0 Å². The first-order chi connectivity index (χ1) is 2.00. The third-order valence-corrected chi connectivity index (χ3v) is 0. The first-order valence-corrected chi connectivity index (χ1v) is 2.68. The van der Waals surface area contributed by atoms with Gasteiger partial charge in [-0.05, 0) is 0 Å². The fourth-order valence-corrected chi connectivity index (χ4v) is 0. The zero-order valence-electron chi connectivity index (χ0n) is 2.62. The van der Waals surface area contributed by atoms with Gasteiger partial charge in [0.2, 0.25) is 0 Å². The standard InChI is InChI=1S/Ga.H4O4Si.Tb.3H/c;1-5(2,3)4;;;;/h;1-4H;;;;. The van der Waals surface area contributed by atoms with Crippen molar-refractivity contribution in [2.75, 3.05) is 0 Å². The van der Waals surface area contributed by atoms with Crippen LogP contribution in [0.5, 0.6) is 0 Å². The van der Waals surface area contributed by atoms with Gasteiger partial charge in [-0.2, -0.15) is 0 Å². The molecule has 0 aliphatic rings. The van der Waals surface area contributed by atoms with E-state index in [0.29, 0.717) is 0 Å². The summed E-state index contributed by atoms with van der Waals surface area (Å²) in [6.07, 6.45) is 0. The van der Waals surface area contributed by atoms with Gasteiger partial charge in [0.1, 0.15) is 0 Å². The second kappa shape index (κ2) is 6.10. The average molecular weight is 328 g/mol. The Labute approximate surface area is 85.5 Å². The molecule has 0 aromatic rings. The largest absolute Gasteiger partial charge is 0 e. The molecule has 0 saturated carbocycles. The van der Waals surface area contributed by atoms with E-state index in [4.69, 9.17) is 19.2 Å². The SMILES string of the molecule is O[Si](O)(O)O.[GaH3].[Tb]. The van der Waals surface area contributed by atoms with Gasteiger partial charge in [-0.3, -0.25) is 0 Å². The van der Waals surface area contributed by atoms with Crippen molar-refractivity contribution >= 4 is 28.8 Å². The Morgan fingerprint density at radius 1 is 0.857 bits per heavy atom. The summed E-state index contributed by atoms with van der Waals surface area (Å²) in [5, 5.41) is 0. The maximum atomic E-state index is 7.33. The number of hydrogen-bond acceptors (Lipinski definition) is 4. The van der Waals surface area contributed by atoms with E-state index in [2.05, 4.69) is 0 Å². The van der Waals surface area contributed by atoms with Crippen LogP contribution in [0, 0.1) is 38.6 Å². The van der Waals surface area contributed by atoms with Crippen LogP contribution in [0.15, 0.2) is 0 Å². The monoisotopic (exact) mass is 327 g/mol. The predicted octanol–water partition coefficient (Wildman–Crippen LogP) is -3.79. The Morgan fingerprint density at radius 3 is 0.857 bits per heavy atom. The molecule has 1 radical (unpaired) electrons. The molecule has 0 bridgehead atoms. The van der Waals surface area contributed by atoms with E-state index in [9.17, 15) is 0 Å². The van der Waals surface area contributed by atoms with Gasteiger partial charge in [-0.15, -0.1) is 0 Å². The van der Waals surface area contributed by atoms with Gasteiger partial charge in [-0.1, -0.05) is 0 Å². The Kier molecular flexibility index (Phi) is 13.9. The molecule has 0 atom stereocenters.